The predicted octanol–water partition coefficient (Wildman–Crippen LogP) is 1.88. The lowest BCUT2D eigenvalue weighted by Crippen LogP contribution is -2.36. The third-order valence-corrected chi connectivity index (χ3v) is 6.02. The molecule has 1 unspecified atom stereocenters. The van der Waals surface area contributed by atoms with Crippen LogP contribution in [0.5, 0.6) is 0 Å². The van der Waals surface area contributed by atoms with Crippen LogP contribution in [0.1, 0.15) is 32.0 Å². The van der Waals surface area contributed by atoms with Gasteiger partial charge in [-0.05, 0) is 38.3 Å². The van der Waals surface area contributed by atoms with Gasteiger partial charge in [-0.3, -0.25) is 4.98 Å². The molecule has 124 valence electrons. The quantitative estimate of drug-likeness (QED) is 0.800. The van der Waals surface area contributed by atoms with Crippen LogP contribution in [-0.2, 0) is 16.4 Å². The van der Waals surface area contributed by atoms with E-state index in [9.17, 15) is 8.42 Å². The summed E-state index contributed by atoms with van der Waals surface area (Å²) in [5.74, 6) is 1.13. The van der Waals surface area contributed by atoms with Crippen molar-refractivity contribution in [2.75, 3.05) is 12.3 Å². The number of aromatic nitrogens is 3. The molecule has 8 heteroatoms. The van der Waals surface area contributed by atoms with E-state index in [1.807, 2.05) is 18.2 Å². The summed E-state index contributed by atoms with van der Waals surface area (Å²) in [7, 11) is -3.13. The summed E-state index contributed by atoms with van der Waals surface area (Å²) in [6, 6.07) is 5.53. The number of nitrogens with zero attached hydrogens (tertiary/aromatic N) is 4. The van der Waals surface area contributed by atoms with E-state index in [4.69, 9.17) is 4.52 Å². The zero-order chi connectivity index (χ0) is 16.3. The first-order chi connectivity index (χ1) is 11.1. The summed E-state index contributed by atoms with van der Waals surface area (Å²) in [6.45, 7) is 2.30. The van der Waals surface area contributed by atoms with Gasteiger partial charge in [-0.1, -0.05) is 11.2 Å². The van der Waals surface area contributed by atoms with E-state index in [2.05, 4.69) is 15.1 Å². The second kappa shape index (κ2) is 6.76. The SMILES string of the molecule is CCS(=O)(=O)N1CCCC1CCc1noc(-c2ccccn2)n1. The molecule has 2 aromatic rings. The van der Waals surface area contributed by atoms with Crippen LogP contribution in [0, 0.1) is 0 Å². The number of hydrogen-bond acceptors (Lipinski definition) is 6. The summed E-state index contributed by atoms with van der Waals surface area (Å²) in [5, 5.41) is 3.97. The second-order valence-corrected chi connectivity index (χ2v) is 7.79. The Bertz CT molecular complexity index is 745. The van der Waals surface area contributed by atoms with Gasteiger partial charge in [0.15, 0.2) is 5.82 Å². The topological polar surface area (TPSA) is 89.2 Å². The molecule has 1 atom stereocenters. The molecule has 1 aliphatic heterocycles. The Morgan fingerprint density at radius 1 is 1.39 bits per heavy atom. The summed E-state index contributed by atoms with van der Waals surface area (Å²) in [6.07, 6.45) is 4.78. The largest absolute Gasteiger partial charge is 0.332 e. The molecule has 1 saturated heterocycles. The fourth-order valence-electron chi connectivity index (χ4n) is 2.87. The molecule has 0 aromatic carbocycles. The van der Waals surface area contributed by atoms with E-state index in [0.29, 0.717) is 36.8 Å². The first kappa shape index (κ1) is 16.1. The van der Waals surface area contributed by atoms with Crippen LogP contribution in [0.15, 0.2) is 28.9 Å². The van der Waals surface area contributed by atoms with Crippen molar-refractivity contribution in [1.82, 2.24) is 19.4 Å². The minimum absolute atomic E-state index is 0.0387. The van der Waals surface area contributed by atoms with Gasteiger partial charge in [0, 0.05) is 25.2 Å². The summed E-state index contributed by atoms with van der Waals surface area (Å²) in [4.78, 5) is 8.51. The molecule has 0 bridgehead atoms. The fraction of sp³-hybridized carbons (Fsp3) is 0.533. The van der Waals surface area contributed by atoms with E-state index in [1.165, 1.54) is 0 Å². The van der Waals surface area contributed by atoms with Crippen LogP contribution >= 0.6 is 0 Å². The minimum Gasteiger partial charge on any atom is -0.332 e. The van der Waals surface area contributed by atoms with Crippen LogP contribution in [0.3, 0.4) is 0 Å². The maximum Gasteiger partial charge on any atom is 0.276 e. The van der Waals surface area contributed by atoms with Gasteiger partial charge >= 0.3 is 0 Å². The van der Waals surface area contributed by atoms with E-state index in [1.54, 1.807) is 17.4 Å². The molecule has 3 heterocycles. The molecule has 0 radical (unpaired) electrons. The van der Waals surface area contributed by atoms with Crippen LogP contribution < -0.4 is 0 Å². The first-order valence-electron chi connectivity index (χ1n) is 7.83. The molecule has 0 spiro atoms. The molecule has 0 saturated carbocycles. The van der Waals surface area contributed by atoms with Crippen LogP contribution in [0.4, 0.5) is 0 Å². The molecular weight excluding hydrogens is 316 g/mol. The average molecular weight is 336 g/mol. The summed E-state index contributed by atoms with van der Waals surface area (Å²) in [5.41, 5.74) is 0.641. The Labute approximate surface area is 135 Å². The van der Waals surface area contributed by atoms with Crippen LogP contribution in [-0.4, -0.2) is 46.2 Å². The molecular formula is C15H20N4O3S. The first-order valence-corrected chi connectivity index (χ1v) is 9.44. The molecule has 0 N–H and O–H groups in total. The minimum atomic E-state index is -3.13. The lowest BCUT2D eigenvalue weighted by atomic mass is 10.1. The smallest absolute Gasteiger partial charge is 0.276 e. The summed E-state index contributed by atoms with van der Waals surface area (Å²) >= 11 is 0. The van der Waals surface area contributed by atoms with Crippen molar-refractivity contribution in [3.05, 3.63) is 30.2 Å². The Morgan fingerprint density at radius 3 is 3.00 bits per heavy atom. The fourth-order valence-corrected chi connectivity index (χ4v) is 4.28. The van der Waals surface area contributed by atoms with Gasteiger partial charge in [0.2, 0.25) is 10.0 Å². The van der Waals surface area contributed by atoms with E-state index >= 15 is 0 Å². The van der Waals surface area contributed by atoms with Gasteiger partial charge in [0.1, 0.15) is 5.69 Å². The highest BCUT2D eigenvalue weighted by Gasteiger charge is 2.32. The van der Waals surface area contributed by atoms with Crippen molar-refractivity contribution in [2.24, 2.45) is 0 Å². The number of sulfonamides is 1. The van der Waals surface area contributed by atoms with Gasteiger partial charge in [-0.15, -0.1) is 0 Å². The van der Waals surface area contributed by atoms with Gasteiger partial charge in [0.25, 0.3) is 5.89 Å². The Hall–Kier alpha value is -1.80. The molecule has 1 fully saturated rings. The number of aryl methyl sites for hydroxylation is 1. The Kier molecular flexibility index (Phi) is 4.72. The van der Waals surface area contributed by atoms with Gasteiger partial charge in [0.05, 0.1) is 5.75 Å². The molecule has 1 aliphatic rings. The highest BCUT2D eigenvalue weighted by molar-refractivity contribution is 7.89. The average Bonchev–Trinajstić information content (AvgIpc) is 3.23. The third kappa shape index (κ3) is 3.59. The number of pyridine rings is 1. The lowest BCUT2D eigenvalue weighted by molar-refractivity contribution is 0.365. The molecule has 23 heavy (non-hydrogen) atoms. The van der Waals surface area contributed by atoms with Crippen molar-refractivity contribution in [3.63, 3.8) is 0 Å². The summed E-state index contributed by atoms with van der Waals surface area (Å²) < 4.78 is 31.0. The standard InChI is InChI=1S/C15H20N4O3S/c1-2-23(20,21)19-11-5-6-12(19)8-9-14-17-15(22-18-14)13-7-3-4-10-16-13/h3-4,7,10,12H,2,5-6,8-9,11H2,1H3. The third-order valence-electron chi connectivity index (χ3n) is 4.10. The molecule has 2 aromatic heterocycles. The van der Waals surface area contributed by atoms with Gasteiger partial charge < -0.3 is 4.52 Å². The highest BCUT2D eigenvalue weighted by atomic mass is 32.2. The maximum absolute atomic E-state index is 12.1. The van der Waals surface area contributed by atoms with Crippen molar-refractivity contribution >= 4 is 10.0 Å². The second-order valence-electron chi connectivity index (χ2n) is 5.58. The molecule has 3 rings (SSSR count). The normalized spacial score (nSPS) is 19.3. The highest BCUT2D eigenvalue weighted by Crippen LogP contribution is 2.25. The zero-order valence-electron chi connectivity index (χ0n) is 13.1. The van der Waals surface area contributed by atoms with Gasteiger partial charge in [-0.25, -0.2) is 8.42 Å². The van der Waals surface area contributed by atoms with Crippen molar-refractivity contribution in [3.8, 4) is 11.6 Å². The van der Waals surface area contributed by atoms with Crippen molar-refractivity contribution in [1.29, 1.82) is 0 Å². The zero-order valence-corrected chi connectivity index (χ0v) is 13.9. The number of rotatable bonds is 6. The molecule has 0 amide bonds. The Balaban J connectivity index is 1.64. The number of hydrogen-bond donors (Lipinski definition) is 0. The maximum atomic E-state index is 12.1. The Morgan fingerprint density at radius 2 is 2.26 bits per heavy atom. The van der Waals surface area contributed by atoms with E-state index in [-0.39, 0.29) is 11.8 Å². The van der Waals surface area contributed by atoms with Gasteiger partial charge in [-0.2, -0.15) is 9.29 Å². The van der Waals surface area contributed by atoms with E-state index in [0.717, 1.165) is 12.8 Å². The molecule has 0 aliphatic carbocycles. The van der Waals surface area contributed by atoms with Crippen molar-refractivity contribution < 1.29 is 12.9 Å². The monoisotopic (exact) mass is 336 g/mol. The lowest BCUT2D eigenvalue weighted by Gasteiger charge is -2.22. The van der Waals surface area contributed by atoms with Crippen LogP contribution in [0.25, 0.3) is 11.6 Å². The predicted molar refractivity (Wildman–Crippen MR) is 85.0 cm³/mol. The molecule has 7 nitrogen and oxygen atoms in total. The van der Waals surface area contributed by atoms with Crippen molar-refractivity contribution in [2.45, 2.75) is 38.6 Å². The van der Waals surface area contributed by atoms with E-state index < -0.39 is 10.0 Å². The van der Waals surface area contributed by atoms with Crippen LogP contribution in [0.2, 0.25) is 0 Å².